The lowest BCUT2D eigenvalue weighted by atomic mass is 9.99. The predicted octanol–water partition coefficient (Wildman–Crippen LogP) is 0.915. The number of hydrogen-bond acceptors (Lipinski definition) is 2. The molecule has 1 N–H and O–H groups in total. The molecular weight excluding hydrogens is 176 g/mol. The van der Waals surface area contributed by atoms with Gasteiger partial charge < -0.3 is 10.2 Å². The van der Waals surface area contributed by atoms with Crippen LogP contribution in [0.2, 0.25) is 0 Å². The molecular formula is C11H18N2O. The molecule has 3 nitrogen and oxygen atoms in total. The molecule has 2 heterocycles. The number of nitrogens with one attached hydrogen (secondary N) is 1. The van der Waals surface area contributed by atoms with Crippen molar-refractivity contribution in [3.8, 4) is 0 Å². The highest BCUT2D eigenvalue weighted by atomic mass is 16.2. The Balaban J connectivity index is 2.03. The van der Waals surface area contributed by atoms with E-state index in [-0.39, 0.29) is 5.91 Å². The van der Waals surface area contributed by atoms with Gasteiger partial charge in [0.2, 0.25) is 5.91 Å². The standard InChI is InChI=1S/C11H18N2O/c1-2-4-11(14)13-8-6-9-10(13)5-3-7-12-9/h2,4,9-10,12H,3,5-8H2,1H3/b4-2+. The van der Waals surface area contributed by atoms with Crippen molar-refractivity contribution in [2.45, 2.75) is 38.3 Å². The minimum atomic E-state index is 0.184. The van der Waals surface area contributed by atoms with Gasteiger partial charge in [-0.1, -0.05) is 6.08 Å². The van der Waals surface area contributed by atoms with Crippen molar-refractivity contribution < 1.29 is 4.79 Å². The Kier molecular flexibility index (Phi) is 2.87. The zero-order valence-corrected chi connectivity index (χ0v) is 8.70. The van der Waals surface area contributed by atoms with Gasteiger partial charge in [0.1, 0.15) is 0 Å². The van der Waals surface area contributed by atoms with Crippen LogP contribution < -0.4 is 5.32 Å². The second-order valence-electron chi connectivity index (χ2n) is 4.09. The smallest absolute Gasteiger partial charge is 0.246 e. The third-order valence-corrected chi connectivity index (χ3v) is 3.22. The summed E-state index contributed by atoms with van der Waals surface area (Å²) >= 11 is 0. The van der Waals surface area contributed by atoms with Crippen molar-refractivity contribution >= 4 is 5.91 Å². The highest BCUT2D eigenvalue weighted by molar-refractivity contribution is 5.88. The lowest BCUT2D eigenvalue weighted by Crippen LogP contribution is -2.48. The number of carbonyl (C=O) groups excluding carboxylic acids is 1. The van der Waals surface area contributed by atoms with E-state index in [0.717, 1.165) is 19.5 Å². The van der Waals surface area contributed by atoms with Crippen LogP contribution in [0.1, 0.15) is 26.2 Å². The van der Waals surface area contributed by atoms with Crippen molar-refractivity contribution in [1.29, 1.82) is 0 Å². The van der Waals surface area contributed by atoms with Crippen LogP contribution in [0, 0.1) is 0 Å². The minimum absolute atomic E-state index is 0.184. The summed E-state index contributed by atoms with van der Waals surface area (Å²) in [7, 11) is 0. The summed E-state index contributed by atoms with van der Waals surface area (Å²) in [5, 5.41) is 3.49. The van der Waals surface area contributed by atoms with Gasteiger partial charge in [0.05, 0.1) is 0 Å². The number of fused-ring (bicyclic) bond motifs is 1. The second kappa shape index (κ2) is 4.13. The summed E-state index contributed by atoms with van der Waals surface area (Å²) in [6, 6.07) is 1.01. The fourth-order valence-electron chi connectivity index (χ4n) is 2.56. The Morgan fingerprint density at radius 1 is 1.50 bits per heavy atom. The third-order valence-electron chi connectivity index (χ3n) is 3.22. The topological polar surface area (TPSA) is 32.3 Å². The van der Waals surface area contributed by atoms with Crippen LogP contribution in [-0.2, 0) is 4.79 Å². The van der Waals surface area contributed by atoms with Crippen molar-refractivity contribution in [3.05, 3.63) is 12.2 Å². The highest BCUT2D eigenvalue weighted by Crippen LogP contribution is 2.25. The molecule has 2 rings (SSSR count). The molecule has 0 aromatic rings. The van der Waals surface area contributed by atoms with Crippen LogP contribution in [-0.4, -0.2) is 36.0 Å². The molecule has 2 saturated heterocycles. The largest absolute Gasteiger partial charge is 0.335 e. The van der Waals surface area contributed by atoms with Gasteiger partial charge in [-0.25, -0.2) is 0 Å². The summed E-state index contributed by atoms with van der Waals surface area (Å²) in [6.07, 6.45) is 6.98. The Labute approximate surface area is 85.2 Å². The summed E-state index contributed by atoms with van der Waals surface area (Å²) in [5.41, 5.74) is 0. The van der Waals surface area contributed by atoms with Gasteiger partial charge >= 0.3 is 0 Å². The molecule has 0 aliphatic carbocycles. The quantitative estimate of drug-likeness (QED) is 0.629. The zero-order valence-electron chi connectivity index (χ0n) is 8.70. The van der Waals surface area contributed by atoms with E-state index in [9.17, 15) is 4.79 Å². The Morgan fingerprint density at radius 2 is 2.36 bits per heavy atom. The van der Waals surface area contributed by atoms with Gasteiger partial charge in [-0.3, -0.25) is 4.79 Å². The minimum Gasteiger partial charge on any atom is -0.335 e. The van der Waals surface area contributed by atoms with Crippen LogP contribution >= 0.6 is 0 Å². The van der Waals surface area contributed by atoms with E-state index in [1.165, 1.54) is 12.8 Å². The Morgan fingerprint density at radius 3 is 3.14 bits per heavy atom. The van der Waals surface area contributed by atoms with E-state index in [1.54, 1.807) is 6.08 Å². The van der Waals surface area contributed by atoms with Gasteiger partial charge in [-0.05, 0) is 38.8 Å². The molecule has 0 aromatic carbocycles. The van der Waals surface area contributed by atoms with Crippen LogP contribution in [0.25, 0.3) is 0 Å². The summed E-state index contributed by atoms with van der Waals surface area (Å²) in [6.45, 7) is 3.93. The molecule has 78 valence electrons. The monoisotopic (exact) mass is 194 g/mol. The average molecular weight is 194 g/mol. The molecule has 0 spiro atoms. The molecule has 14 heavy (non-hydrogen) atoms. The molecule has 0 radical (unpaired) electrons. The molecule has 0 aromatic heterocycles. The Bertz CT molecular complexity index is 250. The van der Waals surface area contributed by atoms with Gasteiger partial charge in [0.25, 0.3) is 0 Å². The number of rotatable bonds is 1. The first-order valence-corrected chi connectivity index (χ1v) is 5.49. The summed E-state index contributed by atoms with van der Waals surface area (Å²) < 4.78 is 0. The highest BCUT2D eigenvalue weighted by Gasteiger charge is 2.37. The van der Waals surface area contributed by atoms with Crippen molar-refractivity contribution in [1.82, 2.24) is 10.2 Å². The molecule has 2 unspecified atom stereocenters. The third kappa shape index (κ3) is 1.69. The van der Waals surface area contributed by atoms with E-state index in [2.05, 4.69) is 5.32 Å². The van der Waals surface area contributed by atoms with Crippen LogP contribution in [0.5, 0.6) is 0 Å². The van der Waals surface area contributed by atoms with Crippen molar-refractivity contribution in [2.24, 2.45) is 0 Å². The first-order valence-electron chi connectivity index (χ1n) is 5.49. The molecule has 0 bridgehead atoms. The number of hydrogen-bond donors (Lipinski definition) is 1. The van der Waals surface area contributed by atoms with E-state index in [1.807, 2.05) is 17.9 Å². The number of amides is 1. The number of likely N-dealkylation sites (tertiary alicyclic amines) is 1. The number of carbonyl (C=O) groups is 1. The molecule has 2 aliphatic heterocycles. The molecule has 2 aliphatic rings. The molecule has 0 saturated carbocycles. The van der Waals surface area contributed by atoms with Gasteiger partial charge in [0.15, 0.2) is 0 Å². The predicted molar refractivity (Wildman–Crippen MR) is 56.0 cm³/mol. The lowest BCUT2D eigenvalue weighted by Gasteiger charge is -2.31. The van der Waals surface area contributed by atoms with Gasteiger partial charge in [-0.15, -0.1) is 0 Å². The molecule has 3 heteroatoms. The lowest BCUT2D eigenvalue weighted by molar-refractivity contribution is -0.127. The molecule has 2 atom stereocenters. The van der Waals surface area contributed by atoms with E-state index in [0.29, 0.717) is 12.1 Å². The van der Waals surface area contributed by atoms with Crippen molar-refractivity contribution in [2.75, 3.05) is 13.1 Å². The zero-order chi connectivity index (χ0) is 9.97. The fraction of sp³-hybridized carbons (Fsp3) is 0.727. The van der Waals surface area contributed by atoms with Crippen LogP contribution in [0.3, 0.4) is 0 Å². The maximum absolute atomic E-state index is 11.7. The number of piperidine rings is 1. The van der Waals surface area contributed by atoms with Crippen molar-refractivity contribution in [3.63, 3.8) is 0 Å². The fourth-order valence-corrected chi connectivity index (χ4v) is 2.56. The van der Waals surface area contributed by atoms with Gasteiger partial charge in [-0.2, -0.15) is 0 Å². The van der Waals surface area contributed by atoms with E-state index < -0.39 is 0 Å². The Hall–Kier alpha value is -0.830. The summed E-state index contributed by atoms with van der Waals surface area (Å²) in [5.74, 6) is 0.184. The SMILES string of the molecule is C/C=C/C(=O)N1CCC2NCCCC21. The first kappa shape index (κ1) is 9.71. The van der Waals surface area contributed by atoms with E-state index in [4.69, 9.17) is 0 Å². The van der Waals surface area contributed by atoms with Gasteiger partial charge in [0, 0.05) is 18.6 Å². The number of allylic oxidation sites excluding steroid dienone is 1. The first-order chi connectivity index (χ1) is 6.83. The van der Waals surface area contributed by atoms with E-state index >= 15 is 0 Å². The maximum atomic E-state index is 11.7. The van der Waals surface area contributed by atoms with Crippen LogP contribution in [0.15, 0.2) is 12.2 Å². The molecule has 2 fully saturated rings. The molecule has 1 amide bonds. The second-order valence-corrected chi connectivity index (χ2v) is 4.09. The van der Waals surface area contributed by atoms with Crippen LogP contribution in [0.4, 0.5) is 0 Å². The normalized spacial score (nSPS) is 32.2. The number of nitrogens with zero attached hydrogens (tertiary/aromatic N) is 1. The average Bonchev–Trinajstić information content (AvgIpc) is 2.61. The maximum Gasteiger partial charge on any atom is 0.246 e. The summed E-state index contributed by atoms with van der Waals surface area (Å²) in [4.78, 5) is 13.7.